The Morgan fingerprint density at radius 3 is 2.45 bits per heavy atom. The molecule has 0 aliphatic carbocycles. The minimum atomic E-state index is -0.250. The standard InChI is InChI=1S/C23H27N3.CH2O2/c1-3-10-19(11-4-1)22-18-23(20-12-5-6-13-21(20)25-22)24-14-9-17-26-15-7-2-8-16-26;2-1-3/h1,3-6,10-13,18H,2,7-9,14-17H2,(H,24,25);1H,(H,2,3). The third-order valence-corrected chi connectivity index (χ3v) is 5.20. The molecule has 0 amide bonds. The van der Waals surface area contributed by atoms with Crippen LogP contribution in [0.5, 0.6) is 0 Å². The highest BCUT2D eigenvalue weighted by molar-refractivity contribution is 5.93. The van der Waals surface area contributed by atoms with E-state index < -0.39 is 0 Å². The predicted molar refractivity (Wildman–Crippen MR) is 119 cm³/mol. The number of aromatic nitrogens is 1. The Morgan fingerprint density at radius 1 is 1.00 bits per heavy atom. The molecule has 4 rings (SSSR count). The summed E-state index contributed by atoms with van der Waals surface area (Å²) in [5, 5.41) is 11.8. The fourth-order valence-corrected chi connectivity index (χ4v) is 3.79. The van der Waals surface area contributed by atoms with Gasteiger partial charge in [0.1, 0.15) is 0 Å². The molecule has 1 aliphatic heterocycles. The van der Waals surface area contributed by atoms with Crippen molar-refractivity contribution < 1.29 is 9.90 Å². The van der Waals surface area contributed by atoms with Gasteiger partial charge in [-0.15, -0.1) is 0 Å². The van der Waals surface area contributed by atoms with Gasteiger partial charge in [0.2, 0.25) is 0 Å². The third-order valence-electron chi connectivity index (χ3n) is 5.20. The molecule has 0 radical (unpaired) electrons. The van der Waals surface area contributed by atoms with Crippen molar-refractivity contribution in [3.63, 3.8) is 0 Å². The number of rotatable bonds is 6. The van der Waals surface area contributed by atoms with Crippen molar-refractivity contribution in [1.29, 1.82) is 0 Å². The number of hydrogen-bond acceptors (Lipinski definition) is 4. The zero-order valence-corrected chi connectivity index (χ0v) is 16.8. The quantitative estimate of drug-likeness (QED) is 0.463. The number of nitrogens with zero attached hydrogens (tertiary/aromatic N) is 2. The fraction of sp³-hybridized carbons (Fsp3) is 0.333. The first kappa shape index (κ1) is 20.8. The van der Waals surface area contributed by atoms with Gasteiger partial charge in [0.25, 0.3) is 6.47 Å². The normalized spacial score (nSPS) is 14.1. The van der Waals surface area contributed by atoms with Crippen LogP contribution in [-0.2, 0) is 4.79 Å². The molecule has 0 bridgehead atoms. The summed E-state index contributed by atoms with van der Waals surface area (Å²) in [7, 11) is 0. The Labute approximate surface area is 172 Å². The molecule has 3 aromatic rings. The van der Waals surface area contributed by atoms with Gasteiger partial charge in [-0.05, 0) is 51.0 Å². The maximum absolute atomic E-state index is 8.36. The molecule has 152 valence electrons. The number of carboxylic acid groups (broad SMARTS) is 1. The van der Waals surface area contributed by atoms with Crippen LogP contribution in [0, 0.1) is 0 Å². The number of benzene rings is 2. The van der Waals surface area contributed by atoms with Crippen molar-refractivity contribution >= 4 is 23.1 Å². The van der Waals surface area contributed by atoms with Crippen LogP contribution in [0.2, 0.25) is 0 Å². The number of para-hydroxylation sites is 1. The Balaban J connectivity index is 0.000000755. The molecule has 5 nitrogen and oxygen atoms in total. The molecule has 0 spiro atoms. The second kappa shape index (κ2) is 11.2. The van der Waals surface area contributed by atoms with Gasteiger partial charge >= 0.3 is 0 Å². The number of nitrogens with one attached hydrogen (secondary N) is 1. The first-order valence-electron chi connectivity index (χ1n) is 10.3. The highest BCUT2D eigenvalue weighted by atomic mass is 16.3. The molecule has 1 aromatic heterocycles. The van der Waals surface area contributed by atoms with Crippen molar-refractivity contribution in [2.75, 3.05) is 31.5 Å². The molecule has 5 heteroatoms. The maximum Gasteiger partial charge on any atom is 0.290 e. The van der Waals surface area contributed by atoms with Gasteiger partial charge in [-0.1, -0.05) is 55.0 Å². The van der Waals surface area contributed by atoms with Crippen molar-refractivity contribution in [2.24, 2.45) is 0 Å². The van der Waals surface area contributed by atoms with Gasteiger partial charge < -0.3 is 15.3 Å². The summed E-state index contributed by atoms with van der Waals surface area (Å²) in [5.41, 5.74) is 4.43. The smallest absolute Gasteiger partial charge is 0.290 e. The van der Waals surface area contributed by atoms with Crippen LogP contribution >= 0.6 is 0 Å². The van der Waals surface area contributed by atoms with Gasteiger partial charge in [0, 0.05) is 23.2 Å². The van der Waals surface area contributed by atoms with Crippen molar-refractivity contribution in [3.05, 3.63) is 60.7 Å². The van der Waals surface area contributed by atoms with E-state index in [1.165, 1.54) is 56.4 Å². The van der Waals surface area contributed by atoms with Crippen LogP contribution in [0.3, 0.4) is 0 Å². The van der Waals surface area contributed by atoms with E-state index in [1.807, 2.05) is 6.07 Å². The zero-order valence-electron chi connectivity index (χ0n) is 16.8. The van der Waals surface area contributed by atoms with E-state index in [-0.39, 0.29) is 6.47 Å². The molecule has 2 heterocycles. The first-order valence-corrected chi connectivity index (χ1v) is 10.3. The largest absolute Gasteiger partial charge is 0.483 e. The first-order chi connectivity index (χ1) is 14.3. The number of hydrogen-bond donors (Lipinski definition) is 2. The molecular formula is C24H29N3O2. The lowest BCUT2D eigenvalue weighted by Crippen LogP contribution is -2.31. The van der Waals surface area contributed by atoms with Crippen molar-refractivity contribution in [3.8, 4) is 11.3 Å². The molecule has 1 fully saturated rings. The number of anilines is 1. The number of carbonyl (C=O) groups is 1. The Hall–Kier alpha value is -2.92. The van der Waals surface area contributed by atoms with Gasteiger partial charge in [-0.3, -0.25) is 4.79 Å². The van der Waals surface area contributed by atoms with Crippen LogP contribution in [0.25, 0.3) is 22.2 Å². The van der Waals surface area contributed by atoms with Crippen LogP contribution in [0.4, 0.5) is 5.69 Å². The second-order valence-electron chi connectivity index (χ2n) is 7.23. The highest BCUT2D eigenvalue weighted by Crippen LogP contribution is 2.28. The predicted octanol–water partition coefficient (Wildman–Crippen LogP) is 4.89. The zero-order chi connectivity index (χ0) is 20.3. The van der Waals surface area contributed by atoms with Gasteiger partial charge in [0.05, 0.1) is 11.2 Å². The van der Waals surface area contributed by atoms with E-state index in [0.29, 0.717) is 0 Å². The van der Waals surface area contributed by atoms with Crippen molar-refractivity contribution in [2.45, 2.75) is 25.7 Å². The van der Waals surface area contributed by atoms with E-state index >= 15 is 0 Å². The lowest BCUT2D eigenvalue weighted by Gasteiger charge is -2.26. The van der Waals surface area contributed by atoms with E-state index in [0.717, 1.165) is 23.3 Å². The number of likely N-dealkylation sites (tertiary alicyclic amines) is 1. The minimum Gasteiger partial charge on any atom is -0.483 e. The van der Waals surface area contributed by atoms with Crippen LogP contribution < -0.4 is 5.32 Å². The Kier molecular flexibility index (Phi) is 8.01. The summed E-state index contributed by atoms with van der Waals surface area (Å²) in [5.74, 6) is 0. The van der Waals surface area contributed by atoms with Crippen LogP contribution in [0.1, 0.15) is 25.7 Å². The topological polar surface area (TPSA) is 65.5 Å². The van der Waals surface area contributed by atoms with E-state index in [9.17, 15) is 0 Å². The molecule has 29 heavy (non-hydrogen) atoms. The molecule has 0 unspecified atom stereocenters. The Bertz CT molecular complexity index is 893. The average Bonchev–Trinajstić information content (AvgIpc) is 2.78. The van der Waals surface area contributed by atoms with Gasteiger partial charge in [-0.2, -0.15) is 0 Å². The lowest BCUT2D eigenvalue weighted by molar-refractivity contribution is -0.122. The summed E-state index contributed by atoms with van der Waals surface area (Å²) >= 11 is 0. The molecule has 2 aromatic carbocycles. The van der Waals surface area contributed by atoms with Crippen LogP contribution in [0.15, 0.2) is 60.7 Å². The SMILES string of the molecule is O=CO.c1ccc(-c2cc(NCCCN3CCCCC3)c3ccccc3n2)cc1. The molecule has 1 aliphatic rings. The summed E-state index contributed by atoms with van der Waals surface area (Å²) in [6.45, 7) is 4.49. The summed E-state index contributed by atoms with van der Waals surface area (Å²) in [6.07, 6.45) is 5.31. The monoisotopic (exact) mass is 391 g/mol. The van der Waals surface area contributed by atoms with Gasteiger partial charge in [-0.25, -0.2) is 4.98 Å². The molecule has 2 N–H and O–H groups in total. The lowest BCUT2D eigenvalue weighted by atomic mass is 10.1. The third kappa shape index (κ3) is 6.03. The molecule has 0 saturated carbocycles. The highest BCUT2D eigenvalue weighted by Gasteiger charge is 2.10. The number of piperidine rings is 1. The minimum absolute atomic E-state index is 0.250. The summed E-state index contributed by atoms with van der Waals surface area (Å²) in [4.78, 5) is 15.8. The fourth-order valence-electron chi connectivity index (χ4n) is 3.79. The van der Waals surface area contributed by atoms with E-state index in [1.54, 1.807) is 0 Å². The van der Waals surface area contributed by atoms with Crippen molar-refractivity contribution in [1.82, 2.24) is 9.88 Å². The second-order valence-corrected chi connectivity index (χ2v) is 7.23. The summed E-state index contributed by atoms with van der Waals surface area (Å²) in [6, 6.07) is 21.0. The summed E-state index contributed by atoms with van der Waals surface area (Å²) < 4.78 is 0. The average molecular weight is 392 g/mol. The molecular weight excluding hydrogens is 362 g/mol. The van der Waals surface area contributed by atoms with Crippen LogP contribution in [-0.4, -0.2) is 47.6 Å². The van der Waals surface area contributed by atoms with E-state index in [2.05, 4.69) is 64.8 Å². The van der Waals surface area contributed by atoms with Gasteiger partial charge in [0.15, 0.2) is 0 Å². The Morgan fingerprint density at radius 2 is 1.69 bits per heavy atom. The number of fused-ring (bicyclic) bond motifs is 1. The van der Waals surface area contributed by atoms with E-state index in [4.69, 9.17) is 14.9 Å². The maximum atomic E-state index is 8.36. The molecule has 1 saturated heterocycles. The molecule has 0 atom stereocenters. The number of pyridine rings is 1.